The van der Waals surface area contributed by atoms with Gasteiger partial charge in [-0.05, 0) is 56.2 Å². The maximum atomic E-state index is 13.1. The summed E-state index contributed by atoms with van der Waals surface area (Å²) in [6, 6.07) is 24.6. The van der Waals surface area contributed by atoms with Gasteiger partial charge >= 0.3 is 6.03 Å². The van der Waals surface area contributed by atoms with E-state index in [2.05, 4.69) is 10.6 Å². The fourth-order valence-corrected chi connectivity index (χ4v) is 3.13. The number of para-hydroxylation sites is 2. The summed E-state index contributed by atoms with van der Waals surface area (Å²) in [6.07, 6.45) is 0.633. The number of hydrogen-bond acceptors (Lipinski definition) is 2. The topological polar surface area (TPSA) is 61.4 Å². The van der Waals surface area contributed by atoms with Crippen LogP contribution in [0.5, 0.6) is 0 Å². The van der Waals surface area contributed by atoms with Crippen LogP contribution in [0.1, 0.15) is 27.9 Å². The number of nitrogens with one attached hydrogen (secondary N) is 2. The maximum Gasteiger partial charge on any atom is 0.319 e. The van der Waals surface area contributed by atoms with Crippen LogP contribution in [0.3, 0.4) is 0 Å². The van der Waals surface area contributed by atoms with Crippen LogP contribution in [0.2, 0.25) is 0 Å². The Morgan fingerprint density at radius 3 is 2.20 bits per heavy atom. The molecule has 0 unspecified atom stereocenters. The van der Waals surface area contributed by atoms with Gasteiger partial charge in [-0.2, -0.15) is 0 Å². The molecular weight excluding hydrogens is 374 g/mol. The van der Waals surface area contributed by atoms with E-state index in [4.69, 9.17) is 0 Å². The second-order valence-electron chi connectivity index (χ2n) is 7.21. The molecule has 0 saturated carbocycles. The predicted octanol–water partition coefficient (Wildman–Crippen LogP) is 5.16. The molecule has 3 aromatic rings. The van der Waals surface area contributed by atoms with E-state index in [0.717, 1.165) is 22.5 Å². The van der Waals surface area contributed by atoms with Crippen molar-refractivity contribution in [3.05, 3.63) is 95.6 Å². The van der Waals surface area contributed by atoms with E-state index in [0.29, 0.717) is 25.1 Å². The molecule has 3 amide bonds. The van der Waals surface area contributed by atoms with Crippen molar-refractivity contribution in [3.8, 4) is 0 Å². The van der Waals surface area contributed by atoms with Crippen LogP contribution in [0.25, 0.3) is 0 Å². The molecule has 0 aliphatic heterocycles. The molecule has 0 aromatic heterocycles. The van der Waals surface area contributed by atoms with Gasteiger partial charge in [-0.15, -0.1) is 0 Å². The van der Waals surface area contributed by atoms with Crippen molar-refractivity contribution >= 4 is 23.3 Å². The summed E-state index contributed by atoms with van der Waals surface area (Å²) in [5, 5.41) is 5.72. The first-order chi connectivity index (χ1) is 14.5. The number of nitrogens with zero attached hydrogens (tertiary/aromatic N) is 1. The molecule has 0 aliphatic carbocycles. The number of anilines is 2. The van der Waals surface area contributed by atoms with Crippen molar-refractivity contribution in [1.29, 1.82) is 0 Å². The molecule has 0 bridgehead atoms. The summed E-state index contributed by atoms with van der Waals surface area (Å²) in [5.41, 5.74) is 4.39. The number of rotatable bonds is 7. The molecule has 0 heterocycles. The molecule has 2 N–H and O–H groups in total. The van der Waals surface area contributed by atoms with Crippen LogP contribution >= 0.6 is 0 Å². The third-order valence-corrected chi connectivity index (χ3v) is 4.85. The number of benzene rings is 3. The largest absolute Gasteiger partial charge is 0.338 e. The molecule has 3 rings (SSSR count). The van der Waals surface area contributed by atoms with Crippen molar-refractivity contribution < 1.29 is 9.59 Å². The predicted molar refractivity (Wildman–Crippen MR) is 122 cm³/mol. The minimum absolute atomic E-state index is 0.0504. The van der Waals surface area contributed by atoms with E-state index < -0.39 is 0 Å². The van der Waals surface area contributed by atoms with Gasteiger partial charge in [0.1, 0.15) is 0 Å². The lowest BCUT2D eigenvalue weighted by atomic mass is 10.1. The highest BCUT2D eigenvalue weighted by Gasteiger charge is 2.17. The van der Waals surface area contributed by atoms with Crippen molar-refractivity contribution in [3.63, 3.8) is 0 Å². The van der Waals surface area contributed by atoms with Crippen LogP contribution in [0, 0.1) is 13.8 Å². The third-order valence-electron chi connectivity index (χ3n) is 4.85. The molecule has 0 aliphatic rings. The van der Waals surface area contributed by atoms with Gasteiger partial charge in [-0.3, -0.25) is 4.79 Å². The van der Waals surface area contributed by atoms with E-state index in [1.165, 1.54) is 0 Å². The highest BCUT2D eigenvalue weighted by Crippen LogP contribution is 2.18. The summed E-state index contributed by atoms with van der Waals surface area (Å²) < 4.78 is 0. The van der Waals surface area contributed by atoms with Gasteiger partial charge in [0.15, 0.2) is 0 Å². The number of carbonyl (C=O) groups excluding carboxylic acids is 2. The monoisotopic (exact) mass is 401 g/mol. The van der Waals surface area contributed by atoms with E-state index >= 15 is 0 Å². The van der Waals surface area contributed by atoms with E-state index in [-0.39, 0.29) is 11.9 Å². The zero-order chi connectivity index (χ0) is 21.3. The Kier molecular flexibility index (Phi) is 7.22. The highest BCUT2D eigenvalue weighted by atomic mass is 16.2. The number of amides is 3. The minimum atomic E-state index is -0.250. The van der Waals surface area contributed by atoms with Crippen molar-refractivity contribution in [1.82, 2.24) is 5.32 Å². The molecule has 30 heavy (non-hydrogen) atoms. The Morgan fingerprint density at radius 2 is 1.50 bits per heavy atom. The molecule has 0 spiro atoms. The van der Waals surface area contributed by atoms with Crippen LogP contribution < -0.4 is 15.5 Å². The van der Waals surface area contributed by atoms with Crippen LogP contribution in [0.15, 0.2) is 78.9 Å². The number of hydrogen-bond donors (Lipinski definition) is 2. The van der Waals surface area contributed by atoms with Gasteiger partial charge < -0.3 is 15.5 Å². The summed E-state index contributed by atoms with van der Waals surface area (Å²) in [4.78, 5) is 27.0. The number of aryl methyl sites for hydroxylation is 2. The van der Waals surface area contributed by atoms with Crippen LogP contribution in [-0.4, -0.2) is 25.0 Å². The standard InChI is InChI=1S/C25H27N3O2/c1-19-13-15-21(16-14-19)24(29)28(22-10-4-3-5-11-22)18-8-17-26-25(30)27-23-12-7-6-9-20(23)2/h3-7,9-16H,8,17-18H2,1-2H3,(H2,26,27,30). The molecule has 5 heteroatoms. The normalized spacial score (nSPS) is 10.3. The third kappa shape index (κ3) is 5.70. The van der Waals surface area contributed by atoms with E-state index in [9.17, 15) is 9.59 Å². The van der Waals surface area contributed by atoms with Crippen molar-refractivity contribution in [2.24, 2.45) is 0 Å². The molecule has 0 atom stereocenters. The first kappa shape index (κ1) is 21.1. The van der Waals surface area contributed by atoms with Crippen molar-refractivity contribution in [2.45, 2.75) is 20.3 Å². The quantitative estimate of drug-likeness (QED) is 0.537. The van der Waals surface area contributed by atoms with Gasteiger partial charge in [-0.25, -0.2) is 4.79 Å². The molecule has 0 saturated heterocycles. The Hall–Kier alpha value is -3.60. The van der Waals surface area contributed by atoms with Gasteiger partial charge in [0.2, 0.25) is 0 Å². The van der Waals surface area contributed by atoms with Gasteiger partial charge in [0, 0.05) is 30.0 Å². The summed E-state index contributed by atoms with van der Waals surface area (Å²) in [6.45, 7) is 4.91. The molecule has 0 fully saturated rings. The molecule has 154 valence electrons. The van der Waals surface area contributed by atoms with Gasteiger partial charge in [0.25, 0.3) is 5.91 Å². The smallest absolute Gasteiger partial charge is 0.319 e. The maximum absolute atomic E-state index is 13.1. The Balaban J connectivity index is 1.59. The molecule has 0 radical (unpaired) electrons. The lowest BCUT2D eigenvalue weighted by Crippen LogP contribution is -2.35. The second kappa shape index (κ2) is 10.3. The molecular formula is C25H27N3O2. The van der Waals surface area contributed by atoms with E-state index in [1.807, 2.05) is 92.7 Å². The molecule has 5 nitrogen and oxygen atoms in total. The zero-order valence-electron chi connectivity index (χ0n) is 17.4. The fourth-order valence-electron chi connectivity index (χ4n) is 3.13. The summed E-state index contributed by atoms with van der Waals surface area (Å²) >= 11 is 0. The van der Waals surface area contributed by atoms with Crippen molar-refractivity contribution in [2.75, 3.05) is 23.3 Å². The summed E-state index contributed by atoms with van der Waals surface area (Å²) in [5.74, 6) is -0.0504. The summed E-state index contributed by atoms with van der Waals surface area (Å²) in [7, 11) is 0. The van der Waals surface area contributed by atoms with Gasteiger partial charge in [0.05, 0.1) is 0 Å². The average Bonchev–Trinajstić information content (AvgIpc) is 2.76. The highest BCUT2D eigenvalue weighted by molar-refractivity contribution is 6.06. The second-order valence-corrected chi connectivity index (χ2v) is 7.21. The van der Waals surface area contributed by atoms with Gasteiger partial charge in [-0.1, -0.05) is 54.1 Å². The molecule has 3 aromatic carbocycles. The Bertz CT molecular complexity index is 985. The lowest BCUT2D eigenvalue weighted by Gasteiger charge is -2.23. The first-order valence-corrected chi connectivity index (χ1v) is 10.1. The lowest BCUT2D eigenvalue weighted by molar-refractivity contribution is 0.0986. The fraction of sp³-hybridized carbons (Fsp3) is 0.200. The number of carbonyl (C=O) groups is 2. The SMILES string of the molecule is Cc1ccc(C(=O)N(CCCNC(=O)Nc2ccccc2C)c2ccccc2)cc1. The zero-order valence-corrected chi connectivity index (χ0v) is 17.4. The Labute approximate surface area is 177 Å². The van der Waals surface area contributed by atoms with E-state index in [1.54, 1.807) is 4.90 Å². The first-order valence-electron chi connectivity index (χ1n) is 10.1. The minimum Gasteiger partial charge on any atom is -0.338 e. The number of urea groups is 1. The Morgan fingerprint density at radius 1 is 0.833 bits per heavy atom. The average molecular weight is 402 g/mol. The van der Waals surface area contributed by atoms with Crippen LogP contribution in [0.4, 0.5) is 16.2 Å². The van der Waals surface area contributed by atoms with Crippen LogP contribution in [-0.2, 0) is 0 Å².